The molecule has 0 aromatic carbocycles. The first kappa shape index (κ1) is 28.2. The Kier molecular flexibility index (Phi) is 12.7. The molecule has 174 valence electrons. The topological polar surface area (TPSA) is 151 Å². The van der Waals surface area contributed by atoms with E-state index in [1.165, 1.54) is 0 Å². The SMILES string of the molecule is CCC(C)C(NC(=O)C(N)CS)C(=O)NC(C(=O)NC(C(=O)O)C(C)C)C(C)CC. The van der Waals surface area contributed by atoms with Gasteiger partial charge in [0.25, 0.3) is 0 Å². The maximum absolute atomic E-state index is 13.0. The van der Waals surface area contributed by atoms with E-state index >= 15 is 0 Å². The number of thiol groups is 1. The lowest BCUT2D eigenvalue weighted by Crippen LogP contribution is -2.60. The fraction of sp³-hybridized carbons (Fsp3) is 0.800. The van der Waals surface area contributed by atoms with E-state index in [0.717, 1.165) is 0 Å². The molecule has 0 aliphatic rings. The summed E-state index contributed by atoms with van der Waals surface area (Å²) in [7, 11) is 0. The molecule has 9 nitrogen and oxygen atoms in total. The van der Waals surface area contributed by atoms with E-state index < -0.39 is 47.9 Å². The molecule has 0 rings (SSSR count). The van der Waals surface area contributed by atoms with Gasteiger partial charge in [0, 0.05) is 5.75 Å². The summed E-state index contributed by atoms with van der Waals surface area (Å²) < 4.78 is 0. The standard InChI is InChI=1S/C20H38N4O5S/c1-7-11(5)15(23-17(25)13(21)9-30)19(27)24-16(12(6)8-2)18(26)22-14(10(3)4)20(28)29/h10-16,30H,7-9,21H2,1-6H3,(H,22,26)(H,23,25)(H,24,27)(H,28,29). The molecule has 0 aliphatic carbocycles. The molecule has 6 unspecified atom stereocenters. The molecule has 0 radical (unpaired) electrons. The van der Waals surface area contributed by atoms with Crippen molar-refractivity contribution in [3.05, 3.63) is 0 Å². The number of rotatable bonds is 13. The third-order valence-corrected chi connectivity index (χ3v) is 5.74. The third-order valence-electron chi connectivity index (χ3n) is 5.35. The molecule has 0 aromatic rings. The van der Waals surface area contributed by atoms with Crippen molar-refractivity contribution in [3.8, 4) is 0 Å². The van der Waals surface area contributed by atoms with Crippen LogP contribution in [-0.2, 0) is 19.2 Å². The summed E-state index contributed by atoms with van der Waals surface area (Å²) in [5, 5.41) is 17.2. The molecule has 6 atom stereocenters. The average Bonchev–Trinajstić information content (AvgIpc) is 2.70. The van der Waals surface area contributed by atoms with E-state index in [4.69, 9.17) is 5.73 Å². The molecule has 0 bridgehead atoms. The molecule has 3 amide bonds. The van der Waals surface area contributed by atoms with Crippen molar-refractivity contribution in [2.45, 2.75) is 78.6 Å². The van der Waals surface area contributed by atoms with Gasteiger partial charge in [0.2, 0.25) is 17.7 Å². The lowest BCUT2D eigenvalue weighted by Gasteiger charge is -2.30. The Hall–Kier alpha value is -1.81. The predicted octanol–water partition coefficient (Wildman–Crippen LogP) is 0.531. The Labute approximate surface area is 184 Å². The molecule has 0 spiro atoms. The Morgan fingerprint density at radius 1 is 0.800 bits per heavy atom. The summed E-state index contributed by atoms with van der Waals surface area (Å²) >= 11 is 4.00. The smallest absolute Gasteiger partial charge is 0.326 e. The van der Waals surface area contributed by atoms with Gasteiger partial charge in [-0.15, -0.1) is 0 Å². The van der Waals surface area contributed by atoms with E-state index in [1.54, 1.807) is 20.8 Å². The van der Waals surface area contributed by atoms with Gasteiger partial charge in [0.05, 0.1) is 6.04 Å². The first-order valence-corrected chi connectivity index (χ1v) is 11.0. The largest absolute Gasteiger partial charge is 0.480 e. The number of carboxylic acids is 1. The third kappa shape index (κ3) is 8.51. The van der Waals surface area contributed by atoms with Crippen LogP contribution in [0.2, 0.25) is 0 Å². The van der Waals surface area contributed by atoms with Crippen molar-refractivity contribution >= 4 is 36.3 Å². The predicted molar refractivity (Wildman–Crippen MR) is 119 cm³/mol. The number of amides is 3. The van der Waals surface area contributed by atoms with Crippen molar-refractivity contribution in [2.75, 3.05) is 5.75 Å². The van der Waals surface area contributed by atoms with Crippen molar-refractivity contribution in [2.24, 2.45) is 23.5 Å². The first-order valence-electron chi connectivity index (χ1n) is 10.4. The van der Waals surface area contributed by atoms with Gasteiger partial charge in [-0.3, -0.25) is 14.4 Å². The van der Waals surface area contributed by atoms with Gasteiger partial charge in [-0.1, -0.05) is 54.4 Å². The van der Waals surface area contributed by atoms with Gasteiger partial charge in [0.15, 0.2) is 0 Å². The maximum atomic E-state index is 13.0. The van der Waals surface area contributed by atoms with Crippen LogP contribution in [0, 0.1) is 17.8 Å². The normalized spacial score (nSPS) is 17.2. The van der Waals surface area contributed by atoms with E-state index in [1.807, 2.05) is 20.8 Å². The minimum atomic E-state index is -1.14. The van der Waals surface area contributed by atoms with Crippen LogP contribution >= 0.6 is 12.6 Å². The van der Waals surface area contributed by atoms with Crippen LogP contribution in [0.3, 0.4) is 0 Å². The van der Waals surface area contributed by atoms with Crippen molar-refractivity contribution in [3.63, 3.8) is 0 Å². The van der Waals surface area contributed by atoms with E-state index in [2.05, 4.69) is 28.6 Å². The highest BCUT2D eigenvalue weighted by molar-refractivity contribution is 7.80. The van der Waals surface area contributed by atoms with Gasteiger partial charge in [-0.25, -0.2) is 4.79 Å². The zero-order chi connectivity index (χ0) is 23.6. The maximum Gasteiger partial charge on any atom is 0.326 e. The first-order chi connectivity index (χ1) is 13.9. The molecule has 0 heterocycles. The molecule has 0 fully saturated rings. The Bertz CT molecular complexity index is 602. The summed E-state index contributed by atoms with van der Waals surface area (Å²) in [6.07, 6.45) is 1.20. The number of nitrogens with two attached hydrogens (primary N) is 1. The van der Waals surface area contributed by atoms with E-state index in [-0.39, 0.29) is 23.5 Å². The zero-order valence-corrected chi connectivity index (χ0v) is 19.7. The highest BCUT2D eigenvalue weighted by Crippen LogP contribution is 2.13. The number of hydrogen-bond acceptors (Lipinski definition) is 6. The average molecular weight is 447 g/mol. The molecular weight excluding hydrogens is 408 g/mol. The Balaban J connectivity index is 5.58. The van der Waals surface area contributed by atoms with Gasteiger partial charge in [0.1, 0.15) is 18.1 Å². The fourth-order valence-corrected chi connectivity index (χ4v) is 2.91. The van der Waals surface area contributed by atoms with Crippen LogP contribution < -0.4 is 21.7 Å². The summed E-state index contributed by atoms with van der Waals surface area (Å²) in [6.45, 7) is 10.7. The summed E-state index contributed by atoms with van der Waals surface area (Å²) in [4.78, 5) is 49.5. The highest BCUT2D eigenvalue weighted by Gasteiger charge is 2.34. The van der Waals surface area contributed by atoms with Crippen LogP contribution in [0.5, 0.6) is 0 Å². The van der Waals surface area contributed by atoms with Crippen LogP contribution in [0.25, 0.3) is 0 Å². The van der Waals surface area contributed by atoms with Gasteiger partial charge in [-0.05, 0) is 17.8 Å². The molecular formula is C20H38N4O5S. The fourth-order valence-electron chi connectivity index (χ4n) is 2.75. The number of aliphatic carboxylic acids is 1. The number of nitrogens with one attached hydrogen (secondary N) is 3. The minimum absolute atomic E-state index is 0.129. The number of carboxylic acid groups (broad SMARTS) is 1. The second kappa shape index (κ2) is 13.5. The molecule has 10 heteroatoms. The highest BCUT2D eigenvalue weighted by atomic mass is 32.1. The molecule has 0 saturated carbocycles. The summed E-state index contributed by atoms with van der Waals surface area (Å²) in [5.74, 6) is -3.37. The van der Waals surface area contributed by atoms with Gasteiger partial charge >= 0.3 is 5.97 Å². The lowest BCUT2D eigenvalue weighted by atomic mass is 9.94. The second-order valence-corrected chi connectivity index (χ2v) is 8.47. The van der Waals surface area contributed by atoms with Gasteiger partial charge < -0.3 is 26.8 Å². The number of carbonyl (C=O) groups is 4. The van der Waals surface area contributed by atoms with Crippen LogP contribution in [0.1, 0.15) is 54.4 Å². The number of hydrogen-bond donors (Lipinski definition) is 6. The van der Waals surface area contributed by atoms with Crippen LogP contribution in [0.15, 0.2) is 0 Å². The molecule has 0 aliphatic heterocycles. The Morgan fingerprint density at radius 3 is 1.47 bits per heavy atom. The second-order valence-electron chi connectivity index (χ2n) is 8.10. The molecule has 0 saturated heterocycles. The van der Waals surface area contributed by atoms with Crippen molar-refractivity contribution in [1.82, 2.24) is 16.0 Å². The van der Waals surface area contributed by atoms with Crippen LogP contribution in [-0.4, -0.2) is 58.7 Å². The molecule has 30 heavy (non-hydrogen) atoms. The van der Waals surface area contributed by atoms with E-state index in [9.17, 15) is 24.3 Å². The number of carbonyl (C=O) groups excluding carboxylic acids is 3. The lowest BCUT2D eigenvalue weighted by molar-refractivity contribution is -0.144. The molecule has 0 aromatic heterocycles. The monoisotopic (exact) mass is 446 g/mol. The zero-order valence-electron chi connectivity index (χ0n) is 18.8. The molecule has 6 N–H and O–H groups in total. The minimum Gasteiger partial charge on any atom is -0.480 e. The van der Waals surface area contributed by atoms with Crippen molar-refractivity contribution in [1.29, 1.82) is 0 Å². The summed E-state index contributed by atoms with van der Waals surface area (Å²) in [5.41, 5.74) is 5.70. The quantitative estimate of drug-likeness (QED) is 0.227. The van der Waals surface area contributed by atoms with Crippen LogP contribution in [0.4, 0.5) is 0 Å². The van der Waals surface area contributed by atoms with E-state index in [0.29, 0.717) is 12.8 Å². The summed E-state index contributed by atoms with van der Waals surface area (Å²) in [6, 6.07) is -3.75. The van der Waals surface area contributed by atoms with Gasteiger partial charge in [-0.2, -0.15) is 12.6 Å². The Morgan fingerprint density at radius 2 is 1.17 bits per heavy atom. The van der Waals surface area contributed by atoms with Crippen molar-refractivity contribution < 1.29 is 24.3 Å².